The highest BCUT2D eigenvalue weighted by Gasteiger charge is 2.26. The lowest BCUT2D eigenvalue weighted by atomic mass is 9.95. The second-order valence-corrected chi connectivity index (χ2v) is 5.82. The lowest BCUT2D eigenvalue weighted by molar-refractivity contribution is 0.0971. The van der Waals surface area contributed by atoms with Crippen molar-refractivity contribution in [1.29, 1.82) is 0 Å². The van der Waals surface area contributed by atoms with E-state index >= 15 is 0 Å². The number of aryl methyl sites for hydroxylation is 1. The van der Waals surface area contributed by atoms with Crippen LogP contribution in [-0.2, 0) is 0 Å². The maximum absolute atomic E-state index is 14.0. The lowest BCUT2D eigenvalue weighted by Crippen LogP contribution is -2.42. The molecule has 0 aliphatic carbocycles. The van der Waals surface area contributed by atoms with E-state index in [1.165, 1.54) is 0 Å². The first-order valence-electron chi connectivity index (χ1n) is 7.15. The van der Waals surface area contributed by atoms with Crippen molar-refractivity contribution in [1.82, 2.24) is 4.98 Å². The molecule has 0 amide bonds. The molecular formula is C16H18F2N2O. The molecular weight excluding hydrogens is 274 g/mol. The summed E-state index contributed by atoms with van der Waals surface area (Å²) in [5.74, 6) is -1.64. The Kier molecular flexibility index (Phi) is 3.53. The standard InChI is InChI=1S/C16H18F2N2O/c1-9-8-20(6-5-14(9)21)13-7-10(2)19-16-11(13)3-4-12(17)15(16)18/h3-4,7,9,14,21H,5-6,8H2,1-2H3/t9-,14+/m0/s1. The van der Waals surface area contributed by atoms with Gasteiger partial charge in [0, 0.05) is 29.9 Å². The van der Waals surface area contributed by atoms with Crippen molar-refractivity contribution < 1.29 is 13.9 Å². The molecule has 0 spiro atoms. The molecule has 1 aliphatic heterocycles. The lowest BCUT2D eigenvalue weighted by Gasteiger charge is -2.36. The fourth-order valence-corrected chi connectivity index (χ4v) is 2.95. The molecule has 3 rings (SSSR count). The average Bonchev–Trinajstić information content (AvgIpc) is 2.45. The van der Waals surface area contributed by atoms with Crippen LogP contribution in [0.3, 0.4) is 0 Å². The van der Waals surface area contributed by atoms with Crippen LogP contribution in [-0.4, -0.2) is 29.3 Å². The van der Waals surface area contributed by atoms with Crippen LogP contribution in [0.15, 0.2) is 18.2 Å². The molecule has 1 aliphatic rings. The van der Waals surface area contributed by atoms with Gasteiger partial charge in [0.25, 0.3) is 0 Å². The third-order valence-electron chi connectivity index (χ3n) is 4.18. The second-order valence-electron chi connectivity index (χ2n) is 5.82. The Hall–Kier alpha value is -1.75. The van der Waals surface area contributed by atoms with Gasteiger partial charge in [-0.3, -0.25) is 0 Å². The van der Waals surface area contributed by atoms with Crippen molar-refractivity contribution in [3.8, 4) is 0 Å². The highest BCUT2D eigenvalue weighted by Crippen LogP contribution is 2.32. The minimum Gasteiger partial charge on any atom is -0.393 e. The van der Waals surface area contributed by atoms with E-state index in [-0.39, 0.29) is 17.5 Å². The molecule has 2 aromatic rings. The molecule has 1 aromatic carbocycles. The van der Waals surface area contributed by atoms with E-state index in [9.17, 15) is 13.9 Å². The normalized spacial score (nSPS) is 22.8. The summed E-state index contributed by atoms with van der Waals surface area (Å²) in [7, 11) is 0. The van der Waals surface area contributed by atoms with Gasteiger partial charge in [-0.1, -0.05) is 6.92 Å². The van der Waals surface area contributed by atoms with Crippen molar-refractivity contribution >= 4 is 16.6 Å². The Balaban J connectivity index is 2.12. The quantitative estimate of drug-likeness (QED) is 0.877. The van der Waals surface area contributed by atoms with E-state index in [1.54, 1.807) is 13.0 Å². The van der Waals surface area contributed by atoms with Crippen LogP contribution in [0.1, 0.15) is 19.0 Å². The molecule has 2 atom stereocenters. The van der Waals surface area contributed by atoms with Crippen LogP contribution in [0.4, 0.5) is 14.5 Å². The Morgan fingerprint density at radius 1 is 1.33 bits per heavy atom. The summed E-state index contributed by atoms with van der Waals surface area (Å²) in [6.07, 6.45) is 0.373. The number of hydrogen-bond donors (Lipinski definition) is 1. The zero-order valence-electron chi connectivity index (χ0n) is 12.1. The topological polar surface area (TPSA) is 36.4 Å². The van der Waals surface area contributed by atoms with Gasteiger partial charge in [0.15, 0.2) is 11.6 Å². The minimum atomic E-state index is -0.900. The number of benzene rings is 1. The van der Waals surface area contributed by atoms with Gasteiger partial charge in [-0.2, -0.15) is 0 Å². The summed E-state index contributed by atoms with van der Waals surface area (Å²) in [4.78, 5) is 6.25. The number of nitrogens with zero attached hydrogens (tertiary/aromatic N) is 2. The van der Waals surface area contributed by atoms with Crippen molar-refractivity contribution in [3.63, 3.8) is 0 Å². The van der Waals surface area contributed by atoms with Crippen molar-refractivity contribution in [2.24, 2.45) is 5.92 Å². The van der Waals surface area contributed by atoms with Gasteiger partial charge in [-0.15, -0.1) is 0 Å². The predicted molar refractivity (Wildman–Crippen MR) is 78.4 cm³/mol. The number of aliphatic hydroxyl groups is 1. The van der Waals surface area contributed by atoms with E-state index in [0.29, 0.717) is 30.6 Å². The van der Waals surface area contributed by atoms with Gasteiger partial charge in [0.2, 0.25) is 0 Å². The number of aromatic nitrogens is 1. The van der Waals surface area contributed by atoms with Crippen molar-refractivity contribution in [2.45, 2.75) is 26.4 Å². The molecule has 3 nitrogen and oxygen atoms in total. The van der Waals surface area contributed by atoms with E-state index < -0.39 is 11.6 Å². The monoisotopic (exact) mass is 292 g/mol. The maximum atomic E-state index is 14.0. The Bertz CT molecular complexity index is 690. The maximum Gasteiger partial charge on any atom is 0.185 e. The zero-order chi connectivity index (χ0) is 15.1. The number of aliphatic hydroxyl groups excluding tert-OH is 1. The van der Waals surface area contributed by atoms with Gasteiger partial charge < -0.3 is 10.0 Å². The number of fused-ring (bicyclic) bond motifs is 1. The van der Waals surface area contributed by atoms with Gasteiger partial charge in [-0.25, -0.2) is 13.8 Å². The number of anilines is 1. The molecule has 0 saturated carbocycles. The van der Waals surface area contributed by atoms with Crippen LogP contribution in [0.5, 0.6) is 0 Å². The molecule has 1 fully saturated rings. The summed E-state index contributed by atoms with van der Waals surface area (Å²) in [6.45, 7) is 5.16. The SMILES string of the molecule is Cc1cc(N2CC[C@@H](O)[C@@H](C)C2)c2ccc(F)c(F)c2n1. The van der Waals surface area contributed by atoms with Crippen LogP contribution in [0.2, 0.25) is 0 Å². The molecule has 1 saturated heterocycles. The molecule has 0 bridgehead atoms. The van der Waals surface area contributed by atoms with E-state index in [1.807, 2.05) is 13.0 Å². The first-order chi connectivity index (χ1) is 9.97. The third-order valence-corrected chi connectivity index (χ3v) is 4.18. The fourth-order valence-electron chi connectivity index (χ4n) is 2.95. The molecule has 0 radical (unpaired) electrons. The fraction of sp³-hybridized carbons (Fsp3) is 0.438. The molecule has 1 N–H and O–H groups in total. The molecule has 21 heavy (non-hydrogen) atoms. The highest BCUT2D eigenvalue weighted by molar-refractivity contribution is 5.92. The molecule has 2 heterocycles. The summed E-state index contributed by atoms with van der Waals surface area (Å²) < 4.78 is 27.4. The second kappa shape index (κ2) is 5.22. The molecule has 0 unspecified atom stereocenters. The van der Waals surface area contributed by atoms with Gasteiger partial charge in [-0.05, 0) is 37.5 Å². The first kappa shape index (κ1) is 14.2. The van der Waals surface area contributed by atoms with E-state index in [2.05, 4.69) is 9.88 Å². The number of piperidine rings is 1. The largest absolute Gasteiger partial charge is 0.393 e. The number of rotatable bonds is 1. The average molecular weight is 292 g/mol. The Morgan fingerprint density at radius 3 is 2.81 bits per heavy atom. The summed E-state index contributed by atoms with van der Waals surface area (Å²) in [5, 5.41) is 10.5. The predicted octanol–water partition coefficient (Wildman–Crippen LogP) is 3.03. The third kappa shape index (κ3) is 2.46. The Morgan fingerprint density at radius 2 is 2.10 bits per heavy atom. The van der Waals surface area contributed by atoms with Crippen LogP contribution < -0.4 is 4.90 Å². The van der Waals surface area contributed by atoms with E-state index in [0.717, 1.165) is 11.8 Å². The van der Waals surface area contributed by atoms with E-state index in [4.69, 9.17) is 0 Å². The van der Waals surface area contributed by atoms with Crippen LogP contribution in [0, 0.1) is 24.5 Å². The van der Waals surface area contributed by atoms with Gasteiger partial charge in [0.1, 0.15) is 5.52 Å². The zero-order valence-corrected chi connectivity index (χ0v) is 12.1. The highest BCUT2D eigenvalue weighted by atomic mass is 19.2. The number of hydrogen-bond acceptors (Lipinski definition) is 3. The summed E-state index contributed by atoms with van der Waals surface area (Å²) >= 11 is 0. The Labute approximate surface area is 122 Å². The summed E-state index contributed by atoms with van der Waals surface area (Å²) in [5.41, 5.74) is 1.58. The summed E-state index contributed by atoms with van der Waals surface area (Å²) in [6, 6.07) is 4.61. The van der Waals surface area contributed by atoms with Gasteiger partial charge in [0.05, 0.1) is 6.10 Å². The molecule has 1 aromatic heterocycles. The van der Waals surface area contributed by atoms with Crippen LogP contribution >= 0.6 is 0 Å². The number of halogens is 2. The molecule has 112 valence electrons. The smallest absolute Gasteiger partial charge is 0.185 e. The van der Waals surface area contributed by atoms with Crippen molar-refractivity contribution in [2.75, 3.05) is 18.0 Å². The van der Waals surface area contributed by atoms with Crippen molar-refractivity contribution in [3.05, 3.63) is 35.5 Å². The molecule has 5 heteroatoms. The number of pyridine rings is 1. The van der Waals surface area contributed by atoms with Crippen LogP contribution in [0.25, 0.3) is 10.9 Å². The van der Waals surface area contributed by atoms with Gasteiger partial charge >= 0.3 is 0 Å². The first-order valence-corrected chi connectivity index (χ1v) is 7.15. The minimum absolute atomic E-state index is 0.0729.